The molecule has 0 atom stereocenters. The van der Waals surface area contributed by atoms with E-state index in [4.69, 9.17) is 11.6 Å². The largest absolute Gasteiger partial charge is 0.506 e. The highest BCUT2D eigenvalue weighted by Crippen LogP contribution is 2.31. The zero-order valence-electron chi connectivity index (χ0n) is 6.94. The van der Waals surface area contributed by atoms with E-state index in [9.17, 15) is 10.0 Å². The summed E-state index contributed by atoms with van der Waals surface area (Å²) in [6.45, 7) is 0. The molecule has 0 fully saturated rings. The lowest BCUT2D eigenvalue weighted by Gasteiger charge is -2.01. The van der Waals surface area contributed by atoms with E-state index in [1.54, 1.807) is 6.07 Å². The maximum absolute atomic E-state index is 10.4. The molecule has 0 bridgehead atoms. The summed E-state index contributed by atoms with van der Waals surface area (Å²) in [5.74, 6) is -0.0186. The van der Waals surface area contributed by atoms with Crippen molar-refractivity contribution in [2.75, 3.05) is 0 Å². The van der Waals surface area contributed by atoms with Crippen LogP contribution in [0.4, 0.5) is 5.69 Å². The molecule has 0 aliphatic carbocycles. The van der Waals surface area contributed by atoms with Crippen LogP contribution in [0.25, 0.3) is 10.9 Å². The molecule has 0 aliphatic rings. The average molecular weight is 209 g/mol. The molecule has 5 heteroatoms. The molecule has 0 saturated heterocycles. The van der Waals surface area contributed by atoms with Crippen LogP contribution < -0.4 is 0 Å². The van der Waals surface area contributed by atoms with E-state index < -0.39 is 0 Å². The minimum atomic E-state index is -0.0186. The molecule has 1 aromatic carbocycles. The molecule has 2 aromatic rings. The van der Waals surface area contributed by atoms with E-state index >= 15 is 0 Å². The van der Waals surface area contributed by atoms with Gasteiger partial charge in [-0.1, -0.05) is 11.6 Å². The number of phenolic OH excluding ortho intramolecular Hbond substituents is 1. The van der Waals surface area contributed by atoms with Gasteiger partial charge in [-0.25, -0.2) is 4.98 Å². The fourth-order valence-electron chi connectivity index (χ4n) is 1.24. The summed E-state index contributed by atoms with van der Waals surface area (Å²) in [7, 11) is 0. The predicted molar refractivity (Wildman–Crippen MR) is 53.9 cm³/mol. The SMILES string of the molecule is O=Nc1ccc(O)c2nc(Cl)ccc12. The van der Waals surface area contributed by atoms with Crippen molar-refractivity contribution in [2.45, 2.75) is 0 Å². The molecular formula is C9H5ClN2O2. The fourth-order valence-corrected chi connectivity index (χ4v) is 1.39. The number of phenols is 1. The van der Waals surface area contributed by atoms with E-state index in [0.29, 0.717) is 5.39 Å². The maximum atomic E-state index is 10.4. The van der Waals surface area contributed by atoms with Gasteiger partial charge in [-0.15, -0.1) is 4.91 Å². The number of benzene rings is 1. The van der Waals surface area contributed by atoms with E-state index in [2.05, 4.69) is 10.2 Å². The topological polar surface area (TPSA) is 62.5 Å². The van der Waals surface area contributed by atoms with Gasteiger partial charge in [0.1, 0.15) is 22.1 Å². The van der Waals surface area contributed by atoms with Crippen molar-refractivity contribution in [1.29, 1.82) is 0 Å². The third kappa shape index (κ3) is 1.29. The summed E-state index contributed by atoms with van der Waals surface area (Å²) < 4.78 is 0. The first-order valence-corrected chi connectivity index (χ1v) is 4.22. The number of rotatable bonds is 1. The van der Waals surface area contributed by atoms with Gasteiger partial charge in [0.25, 0.3) is 0 Å². The minimum absolute atomic E-state index is 0.0186. The normalized spacial score (nSPS) is 10.4. The molecule has 2 rings (SSSR count). The third-order valence-corrected chi connectivity index (χ3v) is 2.09. The molecule has 4 nitrogen and oxygen atoms in total. The number of pyridine rings is 1. The van der Waals surface area contributed by atoms with Crippen LogP contribution in [0, 0.1) is 4.91 Å². The number of aromatic nitrogens is 1. The Kier molecular flexibility index (Phi) is 2.05. The zero-order chi connectivity index (χ0) is 10.1. The lowest BCUT2D eigenvalue weighted by Crippen LogP contribution is -1.80. The average Bonchev–Trinajstić information content (AvgIpc) is 2.19. The summed E-state index contributed by atoms with van der Waals surface area (Å²) in [4.78, 5) is 14.3. The van der Waals surface area contributed by atoms with Gasteiger partial charge in [-0.05, 0) is 29.4 Å². The van der Waals surface area contributed by atoms with Crippen LogP contribution >= 0.6 is 11.6 Å². The molecule has 1 N–H and O–H groups in total. The van der Waals surface area contributed by atoms with E-state index in [-0.39, 0.29) is 22.1 Å². The molecule has 0 amide bonds. The van der Waals surface area contributed by atoms with Gasteiger partial charge >= 0.3 is 0 Å². The third-order valence-electron chi connectivity index (χ3n) is 1.88. The Bertz CT molecular complexity index is 513. The number of halogens is 1. The number of nitroso groups, excluding NO2 is 1. The minimum Gasteiger partial charge on any atom is -0.506 e. The summed E-state index contributed by atoms with van der Waals surface area (Å²) in [6, 6.07) is 5.93. The molecule has 0 unspecified atom stereocenters. The quantitative estimate of drug-likeness (QED) is 0.579. The summed E-state index contributed by atoms with van der Waals surface area (Å²) >= 11 is 5.66. The molecule has 14 heavy (non-hydrogen) atoms. The first-order chi connectivity index (χ1) is 6.72. The van der Waals surface area contributed by atoms with Gasteiger partial charge in [-0.2, -0.15) is 0 Å². The van der Waals surface area contributed by atoms with Crippen molar-refractivity contribution in [3.05, 3.63) is 34.3 Å². The molecule has 1 heterocycles. The highest BCUT2D eigenvalue weighted by Gasteiger charge is 2.07. The molecular weight excluding hydrogens is 204 g/mol. The van der Waals surface area contributed by atoms with Crippen LogP contribution in [0.5, 0.6) is 5.75 Å². The Morgan fingerprint density at radius 2 is 2.07 bits per heavy atom. The molecule has 70 valence electrons. The maximum Gasteiger partial charge on any atom is 0.142 e. The number of fused-ring (bicyclic) bond motifs is 1. The zero-order valence-corrected chi connectivity index (χ0v) is 7.69. The number of hydrogen-bond donors (Lipinski definition) is 1. The van der Waals surface area contributed by atoms with Crippen molar-refractivity contribution in [2.24, 2.45) is 5.18 Å². The summed E-state index contributed by atoms with van der Waals surface area (Å²) in [5, 5.41) is 13.0. The Hall–Kier alpha value is -1.68. The smallest absolute Gasteiger partial charge is 0.142 e. The van der Waals surface area contributed by atoms with Crippen LogP contribution in [0.3, 0.4) is 0 Å². The molecule has 0 spiro atoms. The van der Waals surface area contributed by atoms with Crippen molar-refractivity contribution in [3.8, 4) is 5.75 Å². The van der Waals surface area contributed by atoms with Gasteiger partial charge in [0.2, 0.25) is 0 Å². The van der Waals surface area contributed by atoms with Crippen molar-refractivity contribution < 1.29 is 5.11 Å². The van der Waals surface area contributed by atoms with Crippen LogP contribution in [0.2, 0.25) is 5.15 Å². The van der Waals surface area contributed by atoms with Gasteiger partial charge in [0.15, 0.2) is 0 Å². The first-order valence-electron chi connectivity index (χ1n) is 3.84. The second-order valence-corrected chi connectivity index (χ2v) is 3.11. The lowest BCUT2D eigenvalue weighted by atomic mass is 10.2. The Labute approximate surface area is 84.1 Å². The Morgan fingerprint density at radius 3 is 2.79 bits per heavy atom. The van der Waals surface area contributed by atoms with Crippen molar-refractivity contribution >= 4 is 28.2 Å². The van der Waals surface area contributed by atoms with Gasteiger partial charge in [-0.3, -0.25) is 0 Å². The van der Waals surface area contributed by atoms with Gasteiger partial charge < -0.3 is 5.11 Å². The van der Waals surface area contributed by atoms with E-state index in [1.807, 2.05) is 0 Å². The van der Waals surface area contributed by atoms with Crippen LogP contribution in [-0.2, 0) is 0 Å². The molecule has 0 radical (unpaired) electrons. The van der Waals surface area contributed by atoms with E-state index in [1.165, 1.54) is 18.2 Å². The van der Waals surface area contributed by atoms with Gasteiger partial charge in [0, 0.05) is 5.39 Å². The standard InChI is InChI=1S/C9H5ClN2O2/c10-8-4-1-5-6(12-14)2-3-7(13)9(5)11-8/h1-4,13H. The van der Waals surface area contributed by atoms with Crippen LogP contribution in [0.1, 0.15) is 0 Å². The Morgan fingerprint density at radius 1 is 1.29 bits per heavy atom. The lowest BCUT2D eigenvalue weighted by molar-refractivity contribution is 0.480. The molecule has 0 saturated carbocycles. The van der Waals surface area contributed by atoms with Crippen LogP contribution in [-0.4, -0.2) is 10.1 Å². The van der Waals surface area contributed by atoms with Crippen LogP contribution in [0.15, 0.2) is 29.4 Å². The second-order valence-electron chi connectivity index (χ2n) is 2.73. The number of aromatic hydroxyl groups is 1. The number of hydrogen-bond acceptors (Lipinski definition) is 4. The summed E-state index contributed by atoms with van der Waals surface area (Å²) in [5.41, 5.74) is 0.525. The predicted octanol–water partition coefficient (Wildman–Crippen LogP) is 2.99. The fraction of sp³-hybridized carbons (Fsp3) is 0. The van der Waals surface area contributed by atoms with Gasteiger partial charge in [0.05, 0.1) is 0 Å². The van der Waals surface area contributed by atoms with E-state index in [0.717, 1.165) is 0 Å². The number of nitrogens with zero attached hydrogens (tertiary/aromatic N) is 2. The summed E-state index contributed by atoms with van der Waals surface area (Å²) in [6.07, 6.45) is 0. The van der Waals surface area contributed by atoms with Crippen molar-refractivity contribution in [3.63, 3.8) is 0 Å². The Balaban J connectivity index is 2.91. The monoisotopic (exact) mass is 208 g/mol. The molecule has 0 aliphatic heterocycles. The highest BCUT2D eigenvalue weighted by atomic mass is 35.5. The first kappa shape index (κ1) is 8.90. The van der Waals surface area contributed by atoms with Crippen molar-refractivity contribution in [1.82, 2.24) is 4.98 Å². The highest BCUT2D eigenvalue weighted by molar-refractivity contribution is 6.29. The second kappa shape index (κ2) is 3.23. The molecule has 1 aromatic heterocycles.